The molecule has 0 spiro atoms. The monoisotopic (exact) mass is 594 g/mol. The molecule has 2 heterocycles. The molecule has 9 nitrogen and oxygen atoms in total. The number of carbonyl (C=O) groups excluding carboxylic acids is 3. The summed E-state index contributed by atoms with van der Waals surface area (Å²) in [6.45, 7) is 2.93. The summed E-state index contributed by atoms with van der Waals surface area (Å²) in [6, 6.07) is 16.4. The zero-order valence-electron chi connectivity index (χ0n) is 24.6. The Hall–Kier alpha value is -3.31. The van der Waals surface area contributed by atoms with Gasteiger partial charge in [-0.3, -0.25) is 14.4 Å². The number of rotatable bonds is 14. The molecule has 3 amide bonds. The molecule has 3 aromatic rings. The van der Waals surface area contributed by atoms with Crippen molar-refractivity contribution in [3.05, 3.63) is 70.4 Å². The molecule has 1 aliphatic heterocycles. The third-order valence-corrected chi connectivity index (χ3v) is 8.66. The predicted molar refractivity (Wildman–Crippen MR) is 165 cm³/mol. The van der Waals surface area contributed by atoms with Gasteiger partial charge in [0.15, 0.2) is 0 Å². The lowest BCUT2D eigenvalue weighted by atomic mass is 9.99. The first-order valence-electron chi connectivity index (χ1n) is 14.5. The first kappa shape index (κ1) is 31.6. The number of ether oxygens (including phenoxy) is 1. The minimum absolute atomic E-state index is 0.0773. The van der Waals surface area contributed by atoms with Crippen LogP contribution in [0.4, 0.5) is 0 Å². The Bertz CT molecular complexity index is 1330. The van der Waals surface area contributed by atoms with Crippen LogP contribution in [0, 0.1) is 0 Å². The number of amides is 3. The zero-order chi connectivity index (χ0) is 30.1. The minimum Gasteiger partial charge on any atom is -0.392 e. The van der Waals surface area contributed by atoms with E-state index in [9.17, 15) is 19.5 Å². The summed E-state index contributed by atoms with van der Waals surface area (Å²) >= 11 is 1.51. The topological polar surface area (TPSA) is 111 Å². The molecular weight excluding hydrogens is 552 g/mol. The van der Waals surface area contributed by atoms with Crippen molar-refractivity contribution in [1.29, 1.82) is 0 Å². The molecule has 1 aliphatic rings. The van der Waals surface area contributed by atoms with Gasteiger partial charge >= 0.3 is 0 Å². The van der Waals surface area contributed by atoms with E-state index < -0.39 is 18.2 Å². The van der Waals surface area contributed by atoms with Crippen LogP contribution in [0.1, 0.15) is 30.2 Å². The Balaban J connectivity index is 1.56. The smallest absolute Gasteiger partial charge is 0.249 e. The summed E-state index contributed by atoms with van der Waals surface area (Å²) < 4.78 is 5.74. The van der Waals surface area contributed by atoms with Crippen LogP contribution in [0.3, 0.4) is 0 Å². The van der Waals surface area contributed by atoms with Crippen LogP contribution >= 0.6 is 11.3 Å². The van der Waals surface area contributed by atoms with Gasteiger partial charge in [-0.25, -0.2) is 0 Å². The maximum absolute atomic E-state index is 14.2. The second kappa shape index (κ2) is 15.2. The number of hydrogen-bond donors (Lipinski definition) is 3. The number of nitrogens with zero attached hydrogens (tertiary/aromatic N) is 2. The van der Waals surface area contributed by atoms with Crippen LogP contribution in [0.2, 0.25) is 0 Å². The van der Waals surface area contributed by atoms with Gasteiger partial charge in [-0.2, -0.15) is 0 Å². The quantitative estimate of drug-likeness (QED) is 0.265. The van der Waals surface area contributed by atoms with Crippen LogP contribution in [0.25, 0.3) is 10.8 Å². The van der Waals surface area contributed by atoms with Crippen molar-refractivity contribution in [3.63, 3.8) is 0 Å². The summed E-state index contributed by atoms with van der Waals surface area (Å²) in [5.74, 6) is -0.995. The van der Waals surface area contributed by atoms with Gasteiger partial charge in [-0.05, 0) is 54.1 Å². The van der Waals surface area contributed by atoms with Crippen LogP contribution in [-0.4, -0.2) is 97.3 Å². The van der Waals surface area contributed by atoms with Crippen LogP contribution in [0.15, 0.2) is 60.0 Å². The highest BCUT2D eigenvalue weighted by Gasteiger charge is 2.35. The van der Waals surface area contributed by atoms with Crippen LogP contribution in [0.5, 0.6) is 0 Å². The van der Waals surface area contributed by atoms with E-state index in [1.165, 1.54) is 21.1 Å². The van der Waals surface area contributed by atoms with Crippen molar-refractivity contribution in [2.24, 2.45) is 0 Å². The van der Waals surface area contributed by atoms with Crippen LogP contribution < -0.4 is 10.6 Å². The van der Waals surface area contributed by atoms with Gasteiger partial charge in [0.1, 0.15) is 18.7 Å². The number of hydrogen-bond acceptors (Lipinski definition) is 7. The molecule has 226 valence electrons. The molecule has 10 heteroatoms. The number of nitrogens with one attached hydrogen (secondary N) is 2. The molecule has 0 bridgehead atoms. The first-order valence-corrected chi connectivity index (χ1v) is 15.4. The van der Waals surface area contributed by atoms with Crippen molar-refractivity contribution in [1.82, 2.24) is 20.4 Å². The number of carbonyl (C=O) groups is 3. The number of aliphatic hydroxyl groups is 1. The lowest BCUT2D eigenvalue weighted by Gasteiger charge is -2.34. The number of likely N-dealkylation sites (N-methyl/N-ethyl adjacent to an activating group) is 2. The summed E-state index contributed by atoms with van der Waals surface area (Å²) in [7, 11) is 3.23. The van der Waals surface area contributed by atoms with E-state index in [1.54, 1.807) is 21.0 Å². The highest BCUT2D eigenvalue weighted by Crippen LogP contribution is 2.21. The van der Waals surface area contributed by atoms with Gasteiger partial charge in [0.05, 0.1) is 12.7 Å². The molecule has 4 rings (SSSR count). The molecule has 4 atom stereocenters. The van der Waals surface area contributed by atoms with Crippen molar-refractivity contribution < 1.29 is 24.2 Å². The largest absolute Gasteiger partial charge is 0.392 e. The van der Waals surface area contributed by atoms with Gasteiger partial charge in [-0.1, -0.05) is 48.5 Å². The van der Waals surface area contributed by atoms with Gasteiger partial charge in [-0.15, -0.1) is 11.3 Å². The highest BCUT2D eigenvalue weighted by atomic mass is 32.1. The maximum Gasteiger partial charge on any atom is 0.249 e. The fourth-order valence-corrected chi connectivity index (χ4v) is 5.96. The average molecular weight is 595 g/mol. The number of aliphatic hydroxyl groups excluding tert-OH is 1. The molecule has 42 heavy (non-hydrogen) atoms. The lowest BCUT2D eigenvalue weighted by Crippen LogP contribution is -2.56. The molecule has 1 fully saturated rings. The van der Waals surface area contributed by atoms with E-state index in [4.69, 9.17) is 4.74 Å². The molecular formula is C32H42N4O5S. The Labute approximate surface area is 251 Å². The molecule has 0 aliphatic carbocycles. The van der Waals surface area contributed by atoms with E-state index >= 15 is 0 Å². The molecule has 1 saturated heterocycles. The second-order valence-corrected chi connectivity index (χ2v) is 12.1. The Kier molecular flexibility index (Phi) is 11.5. The van der Waals surface area contributed by atoms with E-state index in [2.05, 4.69) is 10.6 Å². The molecule has 0 radical (unpaired) electrons. The van der Waals surface area contributed by atoms with Gasteiger partial charge in [0, 0.05) is 44.4 Å². The van der Waals surface area contributed by atoms with E-state index in [0.29, 0.717) is 13.0 Å². The fraction of sp³-hybridized carbons (Fsp3) is 0.469. The highest BCUT2D eigenvalue weighted by molar-refractivity contribution is 7.09. The summed E-state index contributed by atoms with van der Waals surface area (Å²) in [6.07, 6.45) is 1.99. The third kappa shape index (κ3) is 8.61. The Morgan fingerprint density at radius 2 is 1.83 bits per heavy atom. The Morgan fingerprint density at radius 1 is 1.05 bits per heavy atom. The summed E-state index contributed by atoms with van der Waals surface area (Å²) in [5.41, 5.74) is 0.907. The van der Waals surface area contributed by atoms with Gasteiger partial charge in [0.25, 0.3) is 0 Å². The Morgan fingerprint density at radius 3 is 2.52 bits per heavy atom. The van der Waals surface area contributed by atoms with E-state index in [1.807, 2.05) is 60.0 Å². The number of thiophene rings is 1. The number of fused-ring (bicyclic) bond motifs is 1. The number of benzene rings is 2. The van der Waals surface area contributed by atoms with Gasteiger partial charge < -0.3 is 30.3 Å². The van der Waals surface area contributed by atoms with Crippen molar-refractivity contribution >= 4 is 39.8 Å². The predicted octanol–water partition coefficient (Wildman–Crippen LogP) is 2.61. The fourth-order valence-electron chi connectivity index (χ4n) is 5.22. The van der Waals surface area contributed by atoms with E-state index in [-0.39, 0.29) is 43.3 Å². The van der Waals surface area contributed by atoms with Crippen molar-refractivity contribution in [2.75, 3.05) is 40.4 Å². The molecule has 3 N–H and O–H groups in total. The summed E-state index contributed by atoms with van der Waals surface area (Å²) in [5, 5.41) is 19.9. The molecule has 1 aromatic heterocycles. The minimum atomic E-state index is -0.854. The average Bonchev–Trinajstić information content (AvgIpc) is 3.71. The molecule has 1 unspecified atom stereocenters. The summed E-state index contributed by atoms with van der Waals surface area (Å²) in [4.78, 5) is 44.7. The van der Waals surface area contributed by atoms with Gasteiger partial charge in [0.2, 0.25) is 17.7 Å². The van der Waals surface area contributed by atoms with E-state index in [0.717, 1.165) is 40.6 Å². The zero-order valence-corrected chi connectivity index (χ0v) is 25.4. The van der Waals surface area contributed by atoms with Crippen LogP contribution in [-0.2, 0) is 32.0 Å². The molecule has 2 aromatic carbocycles. The van der Waals surface area contributed by atoms with Crippen molar-refractivity contribution in [2.45, 2.75) is 56.8 Å². The molecule has 0 saturated carbocycles. The third-order valence-electron chi connectivity index (χ3n) is 7.76. The maximum atomic E-state index is 14.2. The second-order valence-electron chi connectivity index (χ2n) is 11.1. The first-order chi connectivity index (χ1) is 20.2. The lowest BCUT2D eigenvalue weighted by molar-refractivity contribution is -0.149. The standard InChI is InChI=1S/C32H42N4O5S/c1-22(37)19-34-31(39)28(18-27-11-7-15-42-27)36(3)32(40)29(17-23-12-13-24-8-4-5-9-25(24)16-23)35(2)30(38)21-41-20-26-10-6-14-33-26/h4-5,7-9,11-13,15-16,22,26,28-29,33,37H,6,10,14,17-21H2,1-3H3,(H,34,39)/t22-,26-,28?,29-/m1/s1. The van der Waals surface area contributed by atoms with Crippen molar-refractivity contribution in [3.8, 4) is 0 Å². The normalized spacial score (nSPS) is 17.0. The SMILES string of the molecule is C[C@@H](O)CNC(=O)C(Cc1cccs1)N(C)C(=O)[C@@H](Cc1ccc2ccccc2c1)N(C)C(=O)COC[C@H]1CCCN1.